The van der Waals surface area contributed by atoms with Gasteiger partial charge in [0.15, 0.2) is 0 Å². The van der Waals surface area contributed by atoms with Crippen LogP contribution in [0.25, 0.3) is 0 Å². The highest BCUT2D eigenvalue weighted by molar-refractivity contribution is 6.35. The second-order valence-electron chi connectivity index (χ2n) is 7.35. The third-order valence-corrected chi connectivity index (χ3v) is 5.30. The Morgan fingerprint density at radius 1 is 1.07 bits per heavy atom. The number of nitrogens with zero attached hydrogens (tertiary/aromatic N) is 2. The first-order valence-electron chi connectivity index (χ1n) is 10.4. The SMILES string of the molecule is CCCCNC(=O)C(=O)NC[C@H](c1ccco1)N1CCN(c2ccc(F)cc2)CC1. The summed E-state index contributed by atoms with van der Waals surface area (Å²) in [7, 11) is 0. The second kappa shape index (κ2) is 10.8. The van der Waals surface area contributed by atoms with E-state index in [1.807, 2.05) is 19.1 Å². The summed E-state index contributed by atoms with van der Waals surface area (Å²) >= 11 is 0. The van der Waals surface area contributed by atoms with Gasteiger partial charge in [0, 0.05) is 45.0 Å². The molecule has 2 amide bonds. The summed E-state index contributed by atoms with van der Waals surface area (Å²) in [5, 5.41) is 5.36. The molecule has 1 aliphatic rings. The molecule has 0 radical (unpaired) electrons. The third kappa shape index (κ3) is 5.82. The minimum atomic E-state index is -0.632. The van der Waals surface area contributed by atoms with Crippen LogP contribution in [-0.2, 0) is 9.59 Å². The van der Waals surface area contributed by atoms with Crippen LogP contribution >= 0.6 is 0 Å². The molecular formula is C22H29FN4O3. The van der Waals surface area contributed by atoms with Crippen molar-refractivity contribution >= 4 is 17.5 Å². The lowest BCUT2D eigenvalue weighted by Gasteiger charge is -2.39. The second-order valence-corrected chi connectivity index (χ2v) is 7.35. The van der Waals surface area contributed by atoms with Crippen LogP contribution in [0.5, 0.6) is 0 Å². The summed E-state index contributed by atoms with van der Waals surface area (Å²) in [6, 6.07) is 10.0. The van der Waals surface area contributed by atoms with E-state index >= 15 is 0 Å². The molecule has 1 atom stereocenters. The minimum absolute atomic E-state index is 0.164. The fraction of sp³-hybridized carbons (Fsp3) is 0.455. The number of nitrogens with one attached hydrogen (secondary N) is 2. The van der Waals surface area contributed by atoms with Gasteiger partial charge in [-0.15, -0.1) is 0 Å². The molecule has 1 aromatic heterocycles. The molecule has 1 aromatic carbocycles. The predicted molar refractivity (Wildman–Crippen MR) is 113 cm³/mol. The normalized spacial score (nSPS) is 15.6. The molecule has 0 spiro atoms. The lowest BCUT2D eigenvalue weighted by molar-refractivity contribution is -0.139. The van der Waals surface area contributed by atoms with Crippen LogP contribution < -0.4 is 15.5 Å². The average molecular weight is 416 g/mol. The molecule has 0 aliphatic carbocycles. The molecule has 8 heteroatoms. The first-order chi connectivity index (χ1) is 14.6. The molecule has 0 bridgehead atoms. The average Bonchev–Trinajstić information content (AvgIpc) is 3.29. The Hall–Kier alpha value is -2.87. The number of carbonyl (C=O) groups is 2. The molecule has 0 unspecified atom stereocenters. The summed E-state index contributed by atoms with van der Waals surface area (Å²) < 4.78 is 18.8. The highest BCUT2D eigenvalue weighted by Crippen LogP contribution is 2.24. The first-order valence-corrected chi connectivity index (χ1v) is 10.4. The van der Waals surface area contributed by atoms with Gasteiger partial charge in [-0.3, -0.25) is 14.5 Å². The lowest BCUT2D eigenvalue weighted by Crippen LogP contribution is -2.50. The van der Waals surface area contributed by atoms with E-state index < -0.39 is 11.8 Å². The van der Waals surface area contributed by atoms with Gasteiger partial charge in [0.2, 0.25) is 0 Å². The third-order valence-electron chi connectivity index (χ3n) is 5.30. The number of benzene rings is 1. The van der Waals surface area contributed by atoms with Crippen molar-refractivity contribution < 1.29 is 18.4 Å². The molecule has 1 fully saturated rings. The van der Waals surface area contributed by atoms with Crippen LogP contribution in [0.4, 0.5) is 10.1 Å². The maximum Gasteiger partial charge on any atom is 0.309 e. The minimum Gasteiger partial charge on any atom is -0.468 e. The van der Waals surface area contributed by atoms with Crippen molar-refractivity contribution in [2.45, 2.75) is 25.8 Å². The van der Waals surface area contributed by atoms with E-state index in [0.717, 1.165) is 50.5 Å². The van der Waals surface area contributed by atoms with Crippen molar-refractivity contribution in [3.63, 3.8) is 0 Å². The lowest BCUT2D eigenvalue weighted by atomic mass is 10.1. The highest BCUT2D eigenvalue weighted by atomic mass is 19.1. The molecule has 30 heavy (non-hydrogen) atoms. The van der Waals surface area contributed by atoms with Gasteiger partial charge in [0.1, 0.15) is 11.6 Å². The fourth-order valence-corrected chi connectivity index (χ4v) is 3.56. The Morgan fingerprint density at radius 3 is 2.40 bits per heavy atom. The van der Waals surface area contributed by atoms with Gasteiger partial charge in [-0.2, -0.15) is 0 Å². The number of rotatable bonds is 8. The van der Waals surface area contributed by atoms with Crippen LogP contribution in [0.3, 0.4) is 0 Å². The van der Waals surface area contributed by atoms with Gasteiger partial charge in [-0.25, -0.2) is 4.39 Å². The standard InChI is InChI=1S/C22H29FN4O3/c1-2-3-10-24-21(28)22(29)25-16-19(20-5-4-15-30-20)27-13-11-26(12-14-27)18-8-6-17(23)7-9-18/h4-9,15,19H,2-3,10-14,16H2,1H3,(H,24,28)(H,25,29)/t19-/m1/s1. The van der Waals surface area contributed by atoms with Crippen molar-refractivity contribution in [1.29, 1.82) is 0 Å². The van der Waals surface area contributed by atoms with Gasteiger partial charge >= 0.3 is 11.8 Å². The van der Waals surface area contributed by atoms with E-state index in [1.165, 1.54) is 12.1 Å². The van der Waals surface area contributed by atoms with Crippen LogP contribution in [-0.4, -0.2) is 56.0 Å². The van der Waals surface area contributed by atoms with E-state index in [1.54, 1.807) is 18.4 Å². The van der Waals surface area contributed by atoms with Crippen molar-refractivity contribution in [3.8, 4) is 0 Å². The molecule has 3 rings (SSSR count). The number of halogens is 1. The number of anilines is 1. The summed E-state index contributed by atoms with van der Waals surface area (Å²) in [6.45, 7) is 5.85. The first kappa shape index (κ1) is 21.8. The number of furan rings is 1. The highest BCUT2D eigenvalue weighted by Gasteiger charge is 2.28. The summed E-state index contributed by atoms with van der Waals surface area (Å²) in [4.78, 5) is 28.5. The smallest absolute Gasteiger partial charge is 0.309 e. The molecule has 7 nitrogen and oxygen atoms in total. The molecular weight excluding hydrogens is 387 g/mol. The Kier molecular flexibility index (Phi) is 7.84. The number of piperazine rings is 1. The van der Waals surface area contributed by atoms with Crippen molar-refractivity contribution in [2.24, 2.45) is 0 Å². The van der Waals surface area contributed by atoms with E-state index in [0.29, 0.717) is 6.54 Å². The van der Waals surface area contributed by atoms with E-state index in [-0.39, 0.29) is 18.4 Å². The van der Waals surface area contributed by atoms with Crippen molar-refractivity contribution in [2.75, 3.05) is 44.2 Å². The van der Waals surface area contributed by atoms with Crippen LogP contribution in [0.2, 0.25) is 0 Å². The molecule has 2 N–H and O–H groups in total. The molecule has 162 valence electrons. The van der Waals surface area contributed by atoms with Gasteiger partial charge in [0.05, 0.1) is 12.3 Å². The van der Waals surface area contributed by atoms with Gasteiger partial charge in [-0.05, 0) is 42.8 Å². The Bertz CT molecular complexity index is 802. The number of unbranched alkanes of at least 4 members (excludes halogenated alkanes) is 1. The summed E-state index contributed by atoms with van der Waals surface area (Å²) in [5.41, 5.74) is 0.989. The monoisotopic (exact) mass is 416 g/mol. The number of hydrogen-bond donors (Lipinski definition) is 2. The quantitative estimate of drug-likeness (QED) is 0.510. The Labute approximate surface area is 176 Å². The molecule has 1 saturated heterocycles. The number of amides is 2. The topological polar surface area (TPSA) is 77.8 Å². The number of hydrogen-bond acceptors (Lipinski definition) is 5. The van der Waals surface area contributed by atoms with Gasteiger partial charge < -0.3 is 20.0 Å². The Balaban J connectivity index is 1.56. The van der Waals surface area contributed by atoms with Crippen molar-refractivity contribution in [1.82, 2.24) is 15.5 Å². The molecule has 2 heterocycles. The van der Waals surface area contributed by atoms with E-state index in [9.17, 15) is 14.0 Å². The zero-order valence-corrected chi connectivity index (χ0v) is 17.3. The maximum absolute atomic E-state index is 13.2. The Morgan fingerprint density at radius 2 is 1.77 bits per heavy atom. The van der Waals surface area contributed by atoms with Gasteiger partial charge in [-0.1, -0.05) is 13.3 Å². The van der Waals surface area contributed by atoms with E-state index in [4.69, 9.17) is 4.42 Å². The predicted octanol–water partition coefficient (Wildman–Crippen LogP) is 2.31. The maximum atomic E-state index is 13.2. The zero-order valence-electron chi connectivity index (χ0n) is 17.3. The number of carbonyl (C=O) groups excluding carboxylic acids is 2. The zero-order chi connectivity index (χ0) is 21.3. The van der Waals surface area contributed by atoms with Crippen molar-refractivity contribution in [3.05, 3.63) is 54.2 Å². The van der Waals surface area contributed by atoms with Crippen LogP contribution in [0.15, 0.2) is 47.1 Å². The summed E-state index contributed by atoms with van der Waals surface area (Å²) in [5.74, 6) is -0.739. The molecule has 2 aromatic rings. The summed E-state index contributed by atoms with van der Waals surface area (Å²) in [6.07, 6.45) is 3.40. The molecule has 1 aliphatic heterocycles. The van der Waals surface area contributed by atoms with Gasteiger partial charge in [0.25, 0.3) is 0 Å². The largest absolute Gasteiger partial charge is 0.468 e. The van der Waals surface area contributed by atoms with Crippen LogP contribution in [0, 0.1) is 5.82 Å². The van der Waals surface area contributed by atoms with Crippen LogP contribution in [0.1, 0.15) is 31.6 Å². The van der Waals surface area contributed by atoms with E-state index in [2.05, 4.69) is 20.4 Å². The fourth-order valence-electron chi connectivity index (χ4n) is 3.56. The molecule has 0 saturated carbocycles.